The Kier molecular flexibility index (Phi) is 9.88. The number of rotatable bonds is 10. The first kappa shape index (κ1) is 21.2. The molecule has 0 unspecified atom stereocenters. The van der Waals surface area contributed by atoms with Crippen LogP contribution in [0.1, 0.15) is 25.3 Å². The van der Waals surface area contributed by atoms with E-state index in [1.807, 2.05) is 26.2 Å². The van der Waals surface area contributed by atoms with Crippen molar-refractivity contribution in [2.24, 2.45) is 0 Å². The predicted octanol–water partition coefficient (Wildman–Crippen LogP) is 3.09. The van der Waals surface area contributed by atoms with Crippen LogP contribution in [0.25, 0.3) is 6.08 Å². The van der Waals surface area contributed by atoms with Crippen LogP contribution in [0.3, 0.4) is 0 Å². The molecule has 0 atom stereocenters. The van der Waals surface area contributed by atoms with Crippen LogP contribution in [0, 0.1) is 0 Å². The number of halogens is 1. The Labute approximate surface area is 155 Å². The topological polar surface area (TPSA) is 49.9 Å². The highest BCUT2D eigenvalue weighted by Gasteiger charge is 2.13. The molecule has 6 heteroatoms. The molecule has 1 amide bonds. The molecule has 25 heavy (non-hydrogen) atoms. The third-order valence-corrected chi connectivity index (χ3v) is 3.78. The van der Waals surface area contributed by atoms with Crippen molar-refractivity contribution in [2.45, 2.75) is 19.8 Å². The molecule has 0 aliphatic carbocycles. The molecule has 0 aliphatic heterocycles. The zero-order chi connectivity index (χ0) is 18.7. The molecule has 0 spiro atoms. The summed E-state index contributed by atoms with van der Waals surface area (Å²) < 4.78 is 4.94. The monoisotopic (exact) mass is 366 g/mol. The van der Waals surface area contributed by atoms with Crippen molar-refractivity contribution in [3.05, 3.63) is 40.9 Å². The number of esters is 1. The highest BCUT2D eigenvalue weighted by Crippen LogP contribution is 2.11. The van der Waals surface area contributed by atoms with E-state index in [-0.39, 0.29) is 18.3 Å². The van der Waals surface area contributed by atoms with Crippen LogP contribution < -0.4 is 0 Å². The quantitative estimate of drug-likeness (QED) is 0.471. The second-order valence-electron chi connectivity index (χ2n) is 5.92. The fraction of sp³-hybridized carbons (Fsp3) is 0.474. The van der Waals surface area contributed by atoms with E-state index in [1.165, 1.54) is 6.08 Å². The normalized spacial score (nSPS) is 11.1. The third kappa shape index (κ3) is 9.27. The minimum absolute atomic E-state index is 0.113. The molecule has 138 valence electrons. The Balaban J connectivity index is 2.65. The highest BCUT2D eigenvalue weighted by atomic mass is 35.5. The van der Waals surface area contributed by atoms with Gasteiger partial charge in [-0.15, -0.1) is 0 Å². The second-order valence-corrected chi connectivity index (χ2v) is 6.36. The van der Waals surface area contributed by atoms with E-state index in [0.717, 1.165) is 18.5 Å². The summed E-state index contributed by atoms with van der Waals surface area (Å²) in [4.78, 5) is 27.8. The molecule has 0 saturated carbocycles. The third-order valence-electron chi connectivity index (χ3n) is 3.52. The van der Waals surface area contributed by atoms with Gasteiger partial charge in [0.15, 0.2) is 0 Å². The largest absolute Gasteiger partial charge is 0.466 e. The van der Waals surface area contributed by atoms with E-state index >= 15 is 0 Å². The second kappa shape index (κ2) is 11.7. The lowest BCUT2D eigenvalue weighted by atomic mass is 10.2. The molecule has 0 bridgehead atoms. The van der Waals surface area contributed by atoms with Crippen LogP contribution in [0.4, 0.5) is 0 Å². The highest BCUT2D eigenvalue weighted by molar-refractivity contribution is 6.30. The summed E-state index contributed by atoms with van der Waals surface area (Å²) in [5.74, 6) is -0.396. The fourth-order valence-electron chi connectivity index (χ4n) is 2.22. The first-order chi connectivity index (χ1) is 11.9. The SMILES string of the molecule is CCOC(=O)CCN(CCCN(C)C)C(=O)/C=C/c1ccc(Cl)cc1. The van der Waals surface area contributed by atoms with Gasteiger partial charge in [-0.05, 0) is 57.8 Å². The van der Waals surface area contributed by atoms with Gasteiger partial charge < -0.3 is 14.5 Å². The number of carbonyl (C=O) groups excluding carboxylic acids is 2. The van der Waals surface area contributed by atoms with Crippen LogP contribution in [-0.2, 0) is 14.3 Å². The Morgan fingerprint density at radius 2 is 1.80 bits per heavy atom. The Bertz CT molecular complexity index is 571. The molecule has 1 rings (SSSR count). The minimum Gasteiger partial charge on any atom is -0.466 e. The lowest BCUT2D eigenvalue weighted by molar-refractivity contribution is -0.143. The average Bonchev–Trinajstić information content (AvgIpc) is 2.57. The summed E-state index contributed by atoms with van der Waals surface area (Å²) in [7, 11) is 3.98. The molecule has 0 fully saturated rings. The molecular formula is C19H27ClN2O3. The van der Waals surface area contributed by atoms with Gasteiger partial charge in [0.1, 0.15) is 0 Å². The summed E-state index contributed by atoms with van der Waals surface area (Å²) in [6, 6.07) is 7.25. The van der Waals surface area contributed by atoms with Gasteiger partial charge in [0, 0.05) is 24.2 Å². The van der Waals surface area contributed by atoms with Gasteiger partial charge in [0.05, 0.1) is 13.0 Å². The van der Waals surface area contributed by atoms with E-state index in [1.54, 1.807) is 30.0 Å². The summed E-state index contributed by atoms with van der Waals surface area (Å²) in [6.07, 6.45) is 4.33. The predicted molar refractivity (Wildman–Crippen MR) is 101 cm³/mol. The van der Waals surface area contributed by atoms with Crippen molar-refractivity contribution in [1.82, 2.24) is 9.80 Å². The number of nitrogens with zero attached hydrogens (tertiary/aromatic N) is 2. The summed E-state index contributed by atoms with van der Waals surface area (Å²) >= 11 is 5.86. The van der Waals surface area contributed by atoms with Gasteiger partial charge >= 0.3 is 5.97 Å². The van der Waals surface area contributed by atoms with Crippen molar-refractivity contribution in [3.8, 4) is 0 Å². The molecule has 0 heterocycles. The number of carbonyl (C=O) groups is 2. The summed E-state index contributed by atoms with van der Waals surface area (Å²) in [5.41, 5.74) is 0.899. The molecule has 5 nitrogen and oxygen atoms in total. The summed E-state index contributed by atoms with van der Waals surface area (Å²) in [5, 5.41) is 0.656. The van der Waals surface area contributed by atoms with Crippen molar-refractivity contribution in [1.29, 1.82) is 0 Å². The van der Waals surface area contributed by atoms with E-state index in [0.29, 0.717) is 24.7 Å². The Hall–Kier alpha value is -1.85. The van der Waals surface area contributed by atoms with E-state index in [2.05, 4.69) is 4.90 Å². The van der Waals surface area contributed by atoms with Gasteiger partial charge in [-0.25, -0.2) is 0 Å². The van der Waals surface area contributed by atoms with E-state index in [4.69, 9.17) is 16.3 Å². The van der Waals surface area contributed by atoms with Gasteiger partial charge in [-0.2, -0.15) is 0 Å². The molecule has 0 aromatic heterocycles. The van der Waals surface area contributed by atoms with Crippen molar-refractivity contribution in [3.63, 3.8) is 0 Å². The van der Waals surface area contributed by atoms with Gasteiger partial charge in [-0.3, -0.25) is 9.59 Å². The zero-order valence-electron chi connectivity index (χ0n) is 15.2. The standard InChI is InChI=1S/C19H27ClN2O3/c1-4-25-19(24)12-15-22(14-5-13-21(2)3)18(23)11-8-16-6-9-17(20)10-7-16/h6-11H,4-5,12-15H2,1-3H3/b11-8+. The van der Waals surface area contributed by atoms with Crippen molar-refractivity contribution >= 4 is 29.6 Å². The van der Waals surface area contributed by atoms with Gasteiger partial charge in [-0.1, -0.05) is 23.7 Å². The number of amides is 1. The fourth-order valence-corrected chi connectivity index (χ4v) is 2.34. The smallest absolute Gasteiger partial charge is 0.307 e. The van der Waals surface area contributed by atoms with Crippen LogP contribution in [0.5, 0.6) is 0 Å². The van der Waals surface area contributed by atoms with Crippen LogP contribution in [0.15, 0.2) is 30.3 Å². The number of hydrogen-bond acceptors (Lipinski definition) is 4. The van der Waals surface area contributed by atoms with Gasteiger partial charge in [0.2, 0.25) is 5.91 Å². The van der Waals surface area contributed by atoms with E-state index in [9.17, 15) is 9.59 Å². The van der Waals surface area contributed by atoms with Gasteiger partial charge in [0.25, 0.3) is 0 Å². The van der Waals surface area contributed by atoms with Crippen LogP contribution in [-0.4, -0.2) is 62.0 Å². The molecular weight excluding hydrogens is 340 g/mol. The molecule has 0 radical (unpaired) electrons. The maximum Gasteiger partial charge on any atom is 0.307 e. The number of ether oxygens (including phenoxy) is 1. The summed E-state index contributed by atoms with van der Waals surface area (Å²) in [6.45, 7) is 3.96. The lowest BCUT2D eigenvalue weighted by Gasteiger charge is -2.22. The molecule has 1 aromatic rings. The lowest BCUT2D eigenvalue weighted by Crippen LogP contribution is -2.34. The van der Waals surface area contributed by atoms with E-state index < -0.39 is 0 Å². The first-order valence-electron chi connectivity index (χ1n) is 8.45. The van der Waals surface area contributed by atoms with Crippen molar-refractivity contribution < 1.29 is 14.3 Å². The van der Waals surface area contributed by atoms with Crippen LogP contribution in [0.2, 0.25) is 5.02 Å². The molecule has 0 aliphatic rings. The first-order valence-corrected chi connectivity index (χ1v) is 8.83. The minimum atomic E-state index is -0.283. The molecule has 0 N–H and O–H groups in total. The Morgan fingerprint density at radius 3 is 2.40 bits per heavy atom. The Morgan fingerprint density at radius 1 is 1.12 bits per heavy atom. The maximum absolute atomic E-state index is 12.5. The molecule has 1 aromatic carbocycles. The number of hydrogen-bond donors (Lipinski definition) is 0. The number of benzene rings is 1. The maximum atomic E-state index is 12.5. The van der Waals surface area contributed by atoms with Crippen LogP contribution >= 0.6 is 11.6 Å². The van der Waals surface area contributed by atoms with Crippen molar-refractivity contribution in [2.75, 3.05) is 40.3 Å². The molecule has 0 saturated heterocycles. The zero-order valence-corrected chi connectivity index (χ0v) is 16.0. The average molecular weight is 367 g/mol.